The molecule has 0 unspecified atom stereocenters. The SMILES string of the molecule is CC(C)[C@@H](C)NC(=O)N1CCN(C2CC(CC#N)(n3cc(-c4ncnc5[nH]ccc45)cn3)C2)CC1. The lowest BCUT2D eigenvalue weighted by Gasteiger charge is -2.52. The molecule has 184 valence electrons. The number of carbonyl (C=O) groups is 1. The molecule has 3 aromatic heterocycles. The predicted molar refractivity (Wildman–Crippen MR) is 132 cm³/mol. The molecule has 0 bridgehead atoms. The van der Waals surface area contributed by atoms with Crippen molar-refractivity contribution >= 4 is 17.1 Å². The Labute approximate surface area is 205 Å². The van der Waals surface area contributed by atoms with Crippen LogP contribution in [0, 0.1) is 17.2 Å². The van der Waals surface area contributed by atoms with Crippen molar-refractivity contribution in [2.45, 2.75) is 57.7 Å². The lowest BCUT2D eigenvalue weighted by Crippen LogP contribution is -2.61. The van der Waals surface area contributed by atoms with Gasteiger partial charge in [0.25, 0.3) is 0 Å². The van der Waals surface area contributed by atoms with Gasteiger partial charge in [0, 0.05) is 61.6 Å². The number of carbonyl (C=O) groups excluding carboxylic acids is 1. The van der Waals surface area contributed by atoms with Crippen LogP contribution in [-0.4, -0.2) is 78.8 Å². The molecule has 10 heteroatoms. The molecule has 1 atom stereocenters. The Morgan fingerprint density at radius 2 is 2.03 bits per heavy atom. The van der Waals surface area contributed by atoms with E-state index < -0.39 is 0 Å². The van der Waals surface area contributed by atoms with Crippen molar-refractivity contribution in [3.8, 4) is 17.3 Å². The Morgan fingerprint density at radius 1 is 1.26 bits per heavy atom. The molecule has 0 radical (unpaired) electrons. The Hall–Kier alpha value is -3.45. The highest BCUT2D eigenvalue weighted by Gasteiger charge is 2.49. The Kier molecular flexibility index (Phi) is 6.19. The zero-order chi connectivity index (χ0) is 24.6. The molecule has 1 saturated heterocycles. The van der Waals surface area contributed by atoms with E-state index in [4.69, 9.17) is 0 Å². The van der Waals surface area contributed by atoms with Crippen molar-refractivity contribution in [1.29, 1.82) is 5.26 Å². The summed E-state index contributed by atoms with van der Waals surface area (Å²) in [6.07, 6.45) is 9.43. The van der Waals surface area contributed by atoms with Gasteiger partial charge in [0.2, 0.25) is 0 Å². The molecule has 1 saturated carbocycles. The van der Waals surface area contributed by atoms with E-state index in [1.165, 1.54) is 0 Å². The Bertz CT molecular complexity index is 1230. The second-order valence-electron chi connectivity index (χ2n) is 10.3. The molecule has 1 aliphatic heterocycles. The highest BCUT2D eigenvalue weighted by atomic mass is 16.2. The maximum absolute atomic E-state index is 12.6. The molecule has 2 amide bonds. The van der Waals surface area contributed by atoms with Gasteiger partial charge in [-0.05, 0) is 31.7 Å². The maximum Gasteiger partial charge on any atom is 0.317 e. The number of nitriles is 1. The monoisotopic (exact) mass is 475 g/mol. The summed E-state index contributed by atoms with van der Waals surface area (Å²) in [5.74, 6) is 0.412. The van der Waals surface area contributed by atoms with Gasteiger partial charge in [0.05, 0.1) is 29.9 Å². The van der Waals surface area contributed by atoms with Crippen molar-refractivity contribution in [1.82, 2.24) is 39.8 Å². The smallest absolute Gasteiger partial charge is 0.317 e. The Balaban J connectivity index is 1.23. The van der Waals surface area contributed by atoms with E-state index in [1.54, 1.807) is 6.33 Å². The zero-order valence-electron chi connectivity index (χ0n) is 20.6. The summed E-state index contributed by atoms with van der Waals surface area (Å²) in [4.78, 5) is 28.8. The number of nitrogens with one attached hydrogen (secondary N) is 2. The molecule has 5 rings (SSSR count). The molecule has 2 fully saturated rings. The molecular weight excluding hydrogens is 442 g/mol. The Morgan fingerprint density at radius 3 is 2.74 bits per heavy atom. The van der Waals surface area contributed by atoms with Crippen LogP contribution in [-0.2, 0) is 5.54 Å². The first kappa shape index (κ1) is 23.3. The second-order valence-corrected chi connectivity index (χ2v) is 10.3. The largest absolute Gasteiger partial charge is 0.346 e. The molecule has 1 aliphatic carbocycles. The van der Waals surface area contributed by atoms with Gasteiger partial charge >= 0.3 is 6.03 Å². The van der Waals surface area contributed by atoms with Crippen molar-refractivity contribution < 1.29 is 4.79 Å². The first-order chi connectivity index (χ1) is 16.9. The normalized spacial score (nSPS) is 23.7. The van der Waals surface area contributed by atoms with E-state index in [1.807, 2.05) is 41.2 Å². The molecule has 35 heavy (non-hydrogen) atoms. The zero-order valence-corrected chi connectivity index (χ0v) is 20.6. The lowest BCUT2D eigenvalue weighted by molar-refractivity contribution is -0.0131. The second kappa shape index (κ2) is 9.30. The summed E-state index contributed by atoms with van der Waals surface area (Å²) in [5, 5.41) is 18.3. The first-order valence-corrected chi connectivity index (χ1v) is 12.4. The molecule has 2 aliphatic rings. The molecule has 10 nitrogen and oxygen atoms in total. The number of aromatic amines is 1. The summed E-state index contributed by atoms with van der Waals surface area (Å²) in [6, 6.07) is 4.94. The summed E-state index contributed by atoms with van der Waals surface area (Å²) in [6.45, 7) is 9.44. The van der Waals surface area contributed by atoms with Crippen LogP contribution >= 0.6 is 0 Å². The third-order valence-electron chi connectivity index (χ3n) is 7.80. The first-order valence-electron chi connectivity index (χ1n) is 12.4. The number of hydrogen-bond acceptors (Lipinski definition) is 6. The van der Waals surface area contributed by atoms with E-state index >= 15 is 0 Å². The van der Waals surface area contributed by atoms with Crippen LogP contribution in [0.3, 0.4) is 0 Å². The molecule has 4 heterocycles. The van der Waals surface area contributed by atoms with Gasteiger partial charge in [0.1, 0.15) is 12.0 Å². The number of piperazine rings is 1. The van der Waals surface area contributed by atoms with Gasteiger partial charge in [-0.3, -0.25) is 9.58 Å². The van der Waals surface area contributed by atoms with Crippen molar-refractivity contribution in [3.05, 3.63) is 31.0 Å². The van der Waals surface area contributed by atoms with Gasteiger partial charge in [-0.25, -0.2) is 14.8 Å². The van der Waals surface area contributed by atoms with Crippen LogP contribution in [0.5, 0.6) is 0 Å². The van der Waals surface area contributed by atoms with Crippen molar-refractivity contribution in [2.24, 2.45) is 5.92 Å². The summed E-state index contributed by atoms with van der Waals surface area (Å²) >= 11 is 0. The van der Waals surface area contributed by atoms with E-state index in [0.717, 1.165) is 61.3 Å². The molecule has 0 spiro atoms. The number of urea groups is 1. The van der Waals surface area contributed by atoms with Crippen LogP contribution in [0.1, 0.15) is 40.0 Å². The third kappa shape index (κ3) is 4.36. The quantitative estimate of drug-likeness (QED) is 0.566. The summed E-state index contributed by atoms with van der Waals surface area (Å²) < 4.78 is 1.97. The predicted octanol–water partition coefficient (Wildman–Crippen LogP) is 2.96. The number of nitrogens with zero attached hydrogens (tertiary/aromatic N) is 7. The number of H-pyrrole nitrogens is 1. The lowest BCUT2D eigenvalue weighted by atomic mass is 9.70. The fraction of sp³-hybridized carbons (Fsp3) is 0.560. The molecule has 2 N–H and O–H groups in total. The van der Waals surface area contributed by atoms with E-state index in [-0.39, 0.29) is 17.6 Å². The summed E-state index contributed by atoms with van der Waals surface area (Å²) in [7, 11) is 0. The highest BCUT2D eigenvalue weighted by Crippen LogP contribution is 2.45. The average Bonchev–Trinajstić information content (AvgIpc) is 3.51. The van der Waals surface area contributed by atoms with Crippen molar-refractivity contribution in [3.63, 3.8) is 0 Å². The van der Waals surface area contributed by atoms with E-state index in [9.17, 15) is 10.1 Å². The fourth-order valence-electron chi connectivity index (χ4n) is 5.18. The number of aromatic nitrogens is 5. The number of amides is 2. The standard InChI is InChI=1S/C25H33N9O/c1-17(2)18(3)31-24(35)33-10-8-32(9-11-33)20-12-25(13-20,5-6-26)34-15-19(14-30-34)22-21-4-7-27-23(21)29-16-28-22/h4,7,14-18,20H,5,8-13H2,1-3H3,(H,31,35)(H,27,28,29)/t18-,20?,25?/m1/s1. The van der Waals surface area contributed by atoms with Gasteiger partial charge in [0.15, 0.2) is 0 Å². The van der Waals surface area contributed by atoms with Crippen LogP contribution in [0.15, 0.2) is 31.0 Å². The van der Waals surface area contributed by atoms with Crippen LogP contribution in [0.2, 0.25) is 0 Å². The van der Waals surface area contributed by atoms with Crippen LogP contribution in [0.25, 0.3) is 22.3 Å². The van der Waals surface area contributed by atoms with Crippen LogP contribution in [0.4, 0.5) is 4.79 Å². The molecule has 3 aromatic rings. The minimum absolute atomic E-state index is 0.0311. The van der Waals surface area contributed by atoms with Gasteiger partial charge < -0.3 is 15.2 Å². The van der Waals surface area contributed by atoms with Crippen LogP contribution < -0.4 is 5.32 Å². The third-order valence-corrected chi connectivity index (χ3v) is 7.80. The van der Waals surface area contributed by atoms with E-state index in [2.05, 4.69) is 50.2 Å². The minimum Gasteiger partial charge on any atom is -0.346 e. The number of fused-ring (bicyclic) bond motifs is 1. The minimum atomic E-state index is -0.302. The van der Waals surface area contributed by atoms with E-state index in [0.29, 0.717) is 18.4 Å². The van der Waals surface area contributed by atoms with Crippen molar-refractivity contribution in [2.75, 3.05) is 26.2 Å². The van der Waals surface area contributed by atoms with Gasteiger partial charge in [-0.15, -0.1) is 0 Å². The topological polar surface area (TPSA) is 119 Å². The maximum atomic E-state index is 12.6. The molecular formula is C25H33N9O. The van der Waals surface area contributed by atoms with Gasteiger partial charge in [-0.1, -0.05) is 13.8 Å². The fourth-order valence-corrected chi connectivity index (χ4v) is 5.18. The summed E-state index contributed by atoms with van der Waals surface area (Å²) in [5.41, 5.74) is 2.26. The number of rotatable bonds is 6. The average molecular weight is 476 g/mol. The number of hydrogen-bond donors (Lipinski definition) is 2. The van der Waals surface area contributed by atoms with Gasteiger partial charge in [-0.2, -0.15) is 10.4 Å². The molecule has 0 aromatic carbocycles. The highest BCUT2D eigenvalue weighted by molar-refractivity contribution is 5.90.